The summed E-state index contributed by atoms with van der Waals surface area (Å²) in [6.45, 7) is 4.01. The number of benzene rings is 1. The van der Waals surface area contributed by atoms with E-state index >= 15 is 0 Å². The second-order valence-electron chi connectivity index (χ2n) is 4.00. The average molecular weight is 373 g/mol. The van der Waals surface area contributed by atoms with Gasteiger partial charge in [-0.25, -0.2) is 4.79 Å². The summed E-state index contributed by atoms with van der Waals surface area (Å²) in [5.74, 6) is -0.396. The van der Waals surface area contributed by atoms with Crippen molar-refractivity contribution in [3.63, 3.8) is 0 Å². The van der Waals surface area contributed by atoms with Crippen molar-refractivity contribution in [3.8, 4) is 0 Å². The highest BCUT2D eigenvalue weighted by Crippen LogP contribution is 2.34. The smallest absolute Gasteiger partial charge is 0.340 e. The molecule has 0 unspecified atom stereocenters. The largest absolute Gasteiger partial charge is 0.465 e. The van der Waals surface area contributed by atoms with Crippen molar-refractivity contribution in [2.24, 2.45) is 0 Å². The van der Waals surface area contributed by atoms with Gasteiger partial charge in [-0.05, 0) is 47.0 Å². The number of pyridine rings is 1. The highest BCUT2D eigenvalue weighted by atomic mass is 79.9. The molecule has 3 nitrogen and oxygen atoms in total. The summed E-state index contributed by atoms with van der Waals surface area (Å²) in [7, 11) is 1.36. The zero-order valence-electron chi connectivity index (χ0n) is 10.2. The van der Waals surface area contributed by atoms with Crippen LogP contribution in [0.3, 0.4) is 0 Å². The quantitative estimate of drug-likeness (QED) is 0.705. The highest BCUT2D eigenvalue weighted by Gasteiger charge is 2.17. The van der Waals surface area contributed by atoms with Gasteiger partial charge in [0, 0.05) is 20.5 Å². The third kappa shape index (κ3) is 2.06. The Morgan fingerprint density at radius 1 is 1.28 bits per heavy atom. The van der Waals surface area contributed by atoms with Gasteiger partial charge in [0.15, 0.2) is 0 Å². The number of methoxy groups -OCH3 is 1. The van der Waals surface area contributed by atoms with Gasteiger partial charge in [-0.15, -0.1) is 0 Å². The first-order chi connectivity index (χ1) is 8.47. The fourth-order valence-electron chi connectivity index (χ4n) is 1.89. The Morgan fingerprint density at radius 2 is 1.94 bits per heavy atom. The maximum atomic E-state index is 11.6. The summed E-state index contributed by atoms with van der Waals surface area (Å²) < 4.78 is 6.49. The molecular formula is C13H11Br2NO2. The van der Waals surface area contributed by atoms with Gasteiger partial charge in [0.05, 0.1) is 18.2 Å². The monoisotopic (exact) mass is 371 g/mol. The van der Waals surface area contributed by atoms with Gasteiger partial charge < -0.3 is 4.74 Å². The van der Waals surface area contributed by atoms with Crippen molar-refractivity contribution < 1.29 is 9.53 Å². The molecule has 2 aromatic rings. The van der Waals surface area contributed by atoms with E-state index in [4.69, 9.17) is 4.74 Å². The van der Waals surface area contributed by atoms with E-state index in [9.17, 15) is 4.79 Å². The Hall–Kier alpha value is -0.940. The molecule has 0 aliphatic rings. The molecule has 0 bridgehead atoms. The molecule has 0 saturated heterocycles. The first-order valence-corrected chi connectivity index (χ1v) is 6.88. The Balaban J connectivity index is 2.86. The zero-order valence-corrected chi connectivity index (χ0v) is 13.3. The second-order valence-corrected chi connectivity index (χ2v) is 5.59. The van der Waals surface area contributed by atoms with Crippen LogP contribution >= 0.6 is 31.9 Å². The minimum atomic E-state index is -0.396. The van der Waals surface area contributed by atoms with Crippen LogP contribution in [0.5, 0.6) is 0 Å². The Morgan fingerprint density at radius 3 is 2.56 bits per heavy atom. The number of esters is 1. The molecule has 0 saturated carbocycles. The lowest BCUT2D eigenvalue weighted by molar-refractivity contribution is 0.0599. The van der Waals surface area contributed by atoms with Crippen LogP contribution in [0, 0.1) is 13.8 Å². The van der Waals surface area contributed by atoms with Crippen LogP contribution in [0.15, 0.2) is 21.2 Å². The zero-order chi connectivity index (χ0) is 13.4. The third-order valence-electron chi connectivity index (χ3n) is 2.85. The van der Waals surface area contributed by atoms with E-state index in [0.29, 0.717) is 5.56 Å². The molecule has 1 heterocycles. The minimum Gasteiger partial charge on any atom is -0.465 e. The van der Waals surface area contributed by atoms with Crippen LogP contribution in [0.2, 0.25) is 0 Å². The molecule has 0 aliphatic carbocycles. The molecule has 1 aromatic heterocycles. The minimum absolute atomic E-state index is 0.396. The molecule has 18 heavy (non-hydrogen) atoms. The van der Waals surface area contributed by atoms with Crippen molar-refractivity contribution in [2.75, 3.05) is 7.11 Å². The number of ether oxygens (including phenoxy) is 1. The molecule has 1 aromatic carbocycles. The number of aromatic nitrogens is 1. The predicted molar refractivity (Wildman–Crippen MR) is 78.0 cm³/mol. The van der Waals surface area contributed by atoms with Gasteiger partial charge >= 0.3 is 5.97 Å². The molecular weight excluding hydrogens is 362 g/mol. The highest BCUT2D eigenvalue weighted by molar-refractivity contribution is 9.11. The number of carbonyl (C=O) groups excluding carboxylic acids is 1. The lowest BCUT2D eigenvalue weighted by Gasteiger charge is -2.11. The summed E-state index contributed by atoms with van der Waals surface area (Å²) in [6, 6.07) is 1.98. The van der Waals surface area contributed by atoms with Crippen LogP contribution < -0.4 is 0 Å². The fourth-order valence-corrected chi connectivity index (χ4v) is 2.97. The number of halogens is 2. The van der Waals surface area contributed by atoms with Gasteiger partial charge in [-0.3, -0.25) is 4.98 Å². The molecule has 0 aliphatic heterocycles. The first kappa shape index (κ1) is 13.5. The molecule has 0 spiro atoms. The van der Waals surface area contributed by atoms with Gasteiger partial charge in [-0.2, -0.15) is 0 Å². The molecule has 5 heteroatoms. The van der Waals surface area contributed by atoms with E-state index in [2.05, 4.69) is 36.8 Å². The maximum absolute atomic E-state index is 11.6. The standard InChI is InChI=1S/C13H11Br2NO2/c1-6-4-9-10(7(2)11(6)14)12(15)8(5-16-9)13(17)18-3/h4-5H,1-3H3. The number of hydrogen-bond acceptors (Lipinski definition) is 3. The summed E-state index contributed by atoms with van der Waals surface area (Å²) in [4.78, 5) is 16.0. The van der Waals surface area contributed by atoms with Gasteiger partial charge in [0.1, 0.15) is 0 Å². The van der Waals surface area contributed by atoms with Crippen molar-refractivity contribution >= 4 is 48.7 Å². The van der Waals surface area contributed by atoms with Crippen LogP contribution in [0.4, 0.5) is 0 Å². The molecule has 94 valence electrons. The van der Waals surface area contributed by atoms with Crippen molar-refractivity contribution in [3.05, 3.63) is 37.9 Å². The normalized spacial score (nSPS) is 10.7. The molecule has 0 radical (unpaired) electrons. The van der Waals surface area contributed by atoms with Gasteiger partial charge in [-0.1, -0.05) is 15.9 Å². The first-order valence-electron chi connectivity index (χ1n) is 5.29. The van der Waals surface area contributed by atoms with Crippen LogP contribution in [0.25, 0.3) is 10.9 Å². The van der Waals surface area contributed by atoms with E-state index in [1.807, 2.05) is 19.9 Å². The summed E-state index contributed by atoms with van der Waals surface area (Å²) in [5, 5.41) is 0.926. The number of rotatable bonds is 1. The second kappa shape index (κ2) is 4.97. The Labute approximate surface area is 122 Å². The van der Waals surface area contributed by atoms with E-state index < -0.39 is 5.97 Å². The third-order valence-corrected chi connectivity index (χ3v) is 4.90. The van der Waals surface area contributed by atoms with Crippen molar-refractivity contribution in [1.82, 2.24) is 4.98 Å². The fraction of sp³-hybridized carbons (Fsp3) is 0.231. The summed E-state index contributed by atoms with van der Waals surface area (Å²) in [6.07, 6.45) is 1.53. The molecule has 0 atom stereocenters. The lowest BCUT2D eigenvalue weighted by Crippen LogP contribution is -2.04. The average Bonchev–Trinajstić information content (AvgIpc) is 2.35. The van der Waals surface area contributed by atoms with Crippen LogP contribution in [-0.2, 0) is 4.74 Å². The van der Waals surface area contributed by atoms with Crippen LogP contribution in [0.1, 0.15) is 21.5 Å². The van der Waals surface area contributed by atoms with Gasteiger partial charge in [0.25, 0.3) is 0 Å². The molecule has 0 fully saturated rings. The summed E-state index contributed by atoms with van der Waals surface area (Å²) in [5.41, 5.74) is 3.46. The summed E-state index contributed by atoms with van der Waals surface area (Å²) >= 11 is 7.02. The van der Waals surface area contributed by atoms with E-state index in [1.165, 1.54) is 13.3 Å². The Bertz CT molecular complexity index is 653. The number of nitrogens with zero attached hydrogens (tertiary/aromatic N) is 1. The molecule has 0 amide bonds. The number of carbonyl (C=O) groups is 1. The topological polar surface area (TPSA) is 39.2 Å². The molecule has 0 N–H and O–H groups in total. The van der Waals surface area contributed by atoms with E-state index in [-0.39, 0.29) is 0 Å². The predicted octanol–water partition coefficient (Wildman–Crippen LogP) is 4.16. The molecule has 2 rings (SSSR count). The number of fused-ring (bicyclic) bond motifs is 1. The number of aryl methyl sites for hydroxylation is 2. The van der Waals surface area contributed by atoms with Crippen molar-refractivity contribution in [1.29, 1.82) is 0 Å². The Kier molecular flexibility index (Phi) is 3.73. The van der Waals surface area contributed by atoms with Crippen molar-refractivity contribution in [2.45, 2.75) is 13.8 Å². The SMILES string of the molecule is COC(=O)c1cnc2cc(C)c(Br)c(C)c2c1Br. The number of hydrogen-bond donors (Lipinski definition) is 0. The lowest BCUT2D eigenvalue weighted by atomic mass is 10.0. The van der Waals surface area contributed by atoms with Crippen LogP contribution in [-0.4, -0.2) is 18.1 Å². The maximum Gasteiger partial charge on any atom is 0.340 e. The van der Waals surface area contributed by atoms with E-state index in [1.54, 1.807) is 0 Å². The van der Waals surface area contributed by atoms with Gasteiger partial charge in [0.2, 0.25) is 0 Å². The van der Waals surface area contributed by atoms with E-state index in [0.717, 1.165) is 31.0 Å².